The second kappa shape index (κ2) is 8.27. The second-order valence-corrected chi connectivity index (χ2v) is 10.6. The molecule has 1 aromatic heterocycles. The van der Waals surface area contributed by atoms with Gasteiger partial charge in [-0.1, -0.05) is 86.3 Å². The second-order valence-electron chi connectivity index (χ2n) is 10.6. The van der Waals surface area contributed by atoms with Crippen LogP contribution in [0.5, 0.6) is 0 Å². The molecule has 0 spiro atoms. The summed E-state index contributed by atoms with van der Waals surface area (Å²) in [5, 5.41) is 0. The molecule has 0 bridgehead atoms. The Labute approximate surface area is 202 Å². The summed E-state index contributed by atoms with van der Waals surface area (Å²) in [5.74, 6) is 2.69. The van der Waals surface area contributed by atoms with Crippen LogP contribution in [0.25, 0.3) is 28.2 Å². The first kappa shape index (κ1) is 20.3. The van der Waals surface area contributed by atoms with Crippen molar-refractivity contribution < 1.29 is 4.57 Å². The molecule has 0 radical (unpaired) electrons. The molecule has 2 heterocycles. The van der Waals surface area contributed by atoms with E-state index in [1.165, 1.54) is 85.1 Å². The Hall–Kier alpha value is -3.13. The van der Waals surface area contributed by atoms with Crippen molar-refractivity contribution in [2.75, 3.05) is 0 Å². The van der Waals surface area contributed by atoms with Gasteiger partial charge in [-0.25, -0.2) is 4.57 Å². The van der Waals surface area contributed by atoms with E-state index in [1.54, 1.807) is 11.1 Å². The summed E-state index contributed by atoms with van der Waals surface area (Å²) in [6, 6.07) is 25.1. The van der Waals surface area contributed by atoms with Crippen LogP contribution in [0.1, 0.15) is 79.9 Å². The summed E-state index contributed by atoms with van der Waals surface area (Å²) in [5.41, 5.74) is 10.3. The van der Waals surface area contributed by atoms with Gasteiger partial charge in [0.2, 0.25) is 0 Å². The smallest absolute Gasteiger partial charge is 0.225 e. The van der Waals surface area contributed by atoms with Crippen molar-refractivity contribution in [2.24, 2.45) is 0 Å². The molecular formula is C32H33N2+. The van der Waals surface area contributed by atoms with E-state index >= 15 is 0 Å². The molecule has 0 atom stereocenters. The zero-order valence-electron chi connectivity index (χ0n) is 19.9. The summed E-state index contributed by atoms with van der Waals surface area (Å²) in [6.45, 7) is 0.981. The minimum absolute atomic E-state index is 0.645. The number of benzene rings is 3. The van der Waals surface area contributed by atoms with Gasteiger partial charge in [-0.15, -0.1) is 0 Å². The van der Waals surface area contributed by atoms with Crippen LogP contribution in [-0.2, 0) is 6.54 Å². The van der Waals surface area contributed by atoms with Crippen molar-refractivity contribution in [3.05, 3.63) is 95.8 Å². The quantitative estimate of drug-likeness (QED) is 0.250. The molecule has 170 valence electrons. The minimum atomic E-state index is 0.645. The highest BCUT2D eigenvalue weighted by molar-refractivity contribution is 5.76. The van der Waals surface area contributed by atoms with Crippen molar-refractivity contribution in [3.8, 4) is 28.2 Å². The average molecular weight is 446 g/mol. The molecule has 0 N–H and O–H groups in total. The van der Waals surface area contributed by atoms with E-state index < -0.39 is 0 Å². The molecule has 34 heavy (non-hydrogen) atoms. The molecule has 2 nitrogen and oxygen atoms in total. The number of rotatable bonds is 4. The average Bonchev–Trinajstić information content (AvgIpc) is 3.69. The minimum Gasteiger partial charge on any atom is -0.225 e. The molecular weight excluding hydrogens is 412 g/mol. The van der Waals surface area contributed by atoms with Crippen molar-refractivity contribution >= 4 is 0 Å². The Morgan fingerprint density at radius 3 is 2.18 bits per heavy atom. The van der Waals surface area contributed by atoms with Crippen molar-refractivity contribution in [1.82, 2.24) is 4.57 Å². The van der Waals surface area contributed by atoms with E-state index in [9.17, 15) is 0 Å². The SMILES string of the molecule is c1ccc(-c2ccc(C3CCCC3)c(-n3cc[n+]4c3-c3ccccc3C4)c2C2CCCC2)cc1. The lowest BCUT2D eigenvalue weighted by molar-refractivity contribution is -0.671. The number of hydrogen-bond donors (Lipinski definition) is 0. The molecule has 3 aromatic carbocycles. The fraction of sp³-hybridized carbons (Fsp3) is 0.344. The number of fused-ring (bicyclic) bond motifs is 3. The van der Waals surface area contributed by atoms with E-state index in [4.69, 9.17) is 0 Å². The summed E-state index contributed by atoms with van der Waals surface area (Å²) < 4.78 is 5.04. The Morgan fingerprint density at radius 2 is 1.38 bits per heavy atom. The van der Waals surface area contributed by atoms with Crippen LogP contribution < -0.4 is 4.57 Å². The van der Waals surface area contributed by atoms with Crippen LogP contribution in [0.4, 0.5) is 0 Å². The van der Waals surface area contributed by atoms with Gasteiger partial charge in [0.05, 0.1) is 5.56 Å². The fourth-order valence-electron chi connectivity index (χ4n) is 7.04. The van der Waals surface area contributed by atoms with E-state index in [1.807, 2.05) is 0 Å². The zero-order chi connectivity index (χ0) is 22.5. The van der Waals surface area contributed by atoms with Crippen molar-refractivity contribution in [2.45, 2.75) is 69.7 Å². The predicted octanol–water partition coefficient (Wildman–Crippen LogP) is 7.78. The normalized spacial score (nSPS) is 17.9. The third-order valence-electron chi connectivity index (χ3n) is 8.63. The van der Waals surface area contributed by atoms with Gasteiger partial charge in [-0.3, -0.25) is 0 Å². The molecule has 2 saturated carbocycles. The van der Waals surface area contributed by atoms with Crippen LogP contribution >= 0.6 is 0 Å². The highest BCUT2D eigenvalue weighted by Crippen LogP contribution is 2.48. The van der Waals surface area contributed by atoms with Crippen LogP contribution in [0, 0.1) is 0 Å². The first-order valence-corrected chi connectivity index (χ1v) is 13.3. The van der Waals surface area contributed by atoms with Crippen molar-refractivity contribution in [1.29, 1.82) is 0 Å². The molecule has 7 rings (SSSR count). The molecule has 0 saturated heterocycles. The summed E-state index contributed by atoms with van der Waals surface area (Å²) in [6.07, 6.45) is 15.4. The van der Waals surface area contributed by atoms with E-state index in [2.05, 4.69) is 88.3 Å². The van der Waals surface area contributed by atoms with Crippen LogP contribution in [0.3, 0.4) is 0 Å². The number of hydrogen-bond acceptors (Lipinski definition) is 0. The largest absolute Gasteiger partial charge is 0.294 e. The Balaban J connectivity index is 1.53. The van der Waals surface area contributed by atoms with E-state index in [0.29, 0.717) is 11.8 Å². The van der Waals surface area contributed by atoms with Gasteiger partial charge < -0.3 is 0 Å². The van der Waals surface area contributed by atoms with Crippen LogP contribution in [0.15, 0.2) is 79.1 Å². The molecule has 0 amide bonds. The molecule has 3 aliphatic rings. The van der Waals surface area contributed by atoms with E-state index in [0.717, 1.165) is 6.54 Å². The number of nitrogens with zero attached hydrogens (tertiary/aromatic N) is 2. The zero-order valence-corrected chi connectivity index (χ0v) is 19.9. The van der Waals surface area contributed by atoms with Gasteiger partial charge in [-0.2, -0.15) is 4.57 Å². The lowest BCUT2D eigenvalue weighted by atomic mass is 9.83. The predicted molar refractivity (Wildman–Crippen MR) is 138 cm³/mol. The van der Waals surface area contributed by atoms with Crippen LogP contribution in [-0.4, -0.2) is 4.57 Å². The fourth-order valence-corrected chi connectivity index (χ4v) is 7.04. The van der Waals surface area contributed by atoms with Crippen molar-refractivity contribution in [3.63, 3.8) is 0 Å². The highest BCUT2D eigenvalue weighted by atomic mass is 15.2. The van der Waals surface area contributed by atoms with Crippen LogP contribution in [0.2, 0.25) is 0 Å². The van der Waals surface area contributed by atoms with Gasteiger partial charge >= 0.3 is 0 Å². The van der Waals surface area contributed by atoms with Gasteiger partial charge in [-0.05, 0) is 54.7 Å². The topological polar surface area (TPSA) is 8.81 Å². The molecule has 2 heteroatoms. The lowest BCUT2D eigenvalue weighted by Gasteiger charge is -2.24. The highest BCUT2D eigenvalue weighted by Gasteiger charge is 2.36. The summed E-state index contributed by atoms with van der Waals surface area (Å²) in [7, 11) is 0. The molecule has 1 aliphatic heterocycles. The summed E-state index contributed by atoms with van der Waals surface area (Å²) >= 11 is 0. The monoisotopic (exact) mass is 445 g/mol. The maximum atomic E-state index is 2.58. The Morgan fingerprint density at radius 1 is 0.676 bits per heavy atom. The van der Waals surface area contributed by atoms with Gasteiger partial charge in [0, 0.05) is 16.7 Å². The lowest BCUT2D eigenvalue weighted by Crippen LogP contribution is -2.30. The molecule has 2 aliphatic carbocycles. The van der Waals surface area contributed by atoms with E-state index in [-0.39, 0.29) is 0 Å². The Bertz CT molecular complexity index is 1330. The maximum Gasteiger partial charge on any atom is 0.294 e. The first-order valence-electron chi connectivity index (χ1n) is 13.3. The summed E-state index contributed by atoms with van der Waals surface area (Å²) in [4.78, 5) is 0. The maximum absolute atomic E-state index is 2.58. The molecule has 4 aromatic rings. The Kier molecular flexibility index (Phi) is 4.93. The first-order chi connectivity index (χ1) is 16.9. The van der Waals surface area contributed by atoms with Gasteiger partial charge in [0.1, 0.15) is 24.6 Å². The third kappa shape index (κ3) is 3.19. The molecule has 0 unspecified atom stereocenters. The van der Waals surface area contributed by atoms with Gasteiger partial charge in [0.25, 0.3) is 5.82 Å². The standard InChI is InChI=1S/C32H33N2/c1-2-10-23(11-3-1)27-18-19-28(24-12-4-5-13-24)31(30(27)25-14-6-7-15-25)34-21-20-33-22-26-16-8-9-17-29(26)32(33)34/h1-3,8-11,16-21,24-25H,4-7,12-15,22H2/q+1. The van der Waals surface area contributed by atoms with Gasteiger partial charge in [0.15, 0.2) is 0 Å². The number of aromatic nitrogens is 2. The third-order valence-corrected chi connectivity index (χ3v) is 8.63. The molecule has 2 fully saturated rings. The number of imidazole rings is 1.